The summed E-state index contributed by atoms with van der Waals surface area (Å²) in [5, 5.41) is 5.85. The first-order chi connectivity index (χ1) is 18.2. The number of sulfonamides is 1. The van der Waals surface area contributed by atoms with E-state index in [0.717, 1.165) is 40.3 Å². The Kier molecular flexibility index (Phi) is 8.65. The van der Waals surface area contributed by atoms with Gasteiger partial charge >= 0.3 is 0 Å². The van der Waals surface area contributed by atoms with Crippen LogP contribution in [0.25, 0.3) is 10.2 Å². The molecule has 0 bridgehead atoms. The molecule has 0 atom stereocenters. The Balaban J connectivity index is 1.68. The first-order valence-corrected chi connectivity index (χ1v) is 14.6. The summed E-state index contributed by atoms with van der Waals surface area (Å²) in [5.74, 6) is -0.888. The summed E-state index contributed by atoms with van der Waals surface area (Å²) in [5.41, 5.74) is 2.67. The Morgan fingerprint density at radius 1 is 1.05 bits per heavy atom. The molecule has 1 heterocycles. The van der Waals surface area contributed by atoms with Crippen molar-refractivity contribution in [3.05, 3.63) is 89.2 Å². The van der Waals surface area contributed by atoms with E-state index in [9.17, 15) is 17.6 Å². The molecule has 4 rings (SSSR count). The highest BCUT2D eigenvalue weighted by Gasteiger charge is 2.25. The molecule has 0 spiro atoms. The Bertz CT molecular complexity index is 1550. The molecule has 0 N–H and O–H groups in total. The van der Waals surface area contributed by atoms with Gasteiger partial charge in [-0.3, -0.25) is 4.79 Å². The van der Waals surface area contributed by atoms with E-state index >= 15 is 0 Å². The minimum Gasteiger partial charge on any atom is -0.267 e. The highest BCUT2D eigenvalue weighted by molar-refractivity contribution is 7.89. The Hall–Kier alpha value is -3.47. The number of hydrogen-bond acceptors (Lipinski definition) is 6. The second-order valence-corrected chi connectivity index (χ2v) is 11.7. The van der Waals surface area contributed by atoms with Crippen LogP contribution in [0.4, 0.5) is 9.52 Å². The summed E-state index contributed by atoms with van der Waals surface area (Å²) >= 11 is 1.14. The molecular weight excluding hydrogens is 523 g/mol. The van der Waals surface area contributed by atoms with Crippen LogP contribution in [0.2, 0.25) is 0 Å². The molecule has 1 amide bonds. The fraction of sp³-hybridized carbons (Fsp3) is 0.250. The Labute approximate surface area is 226 Å². The predicted octanol–water partition coefficient (Wildman–Crippen LogP) is 6.24. The number of unbranched alkanes of at least 4 members (excludes halogenated alkanes) is 1. The number of nitrogens with zero attached hydrogens (tertiary/aromatic N) is 4. The van der Waals surface area contributed by atoms with Crippen molar-refractivity contribution in [3.8, 4) is 0 Å². The number of carbonyl (C=O) groups excluding carboxylic acids is 1. The maximum Gasteiger partial charge on any atom is 0.280 e. The van der Waals surface area contributed by atoms with Crippen LogP contribution in [-0.4, -0.2) is 42.9 Å². The fourth-order valence-electron chi connectivity index (χ4n) is 3.77. The van der Waals surface area contributed by atoms with Gasteiger partial charge in [0.2, 0.25) is 15.2 Å². The average Bonchev–Trinajstić information content (AvgIpc) is 3.33. The van der Waals surface area contributed by atoms with E-state index < -0.39 is 21.7 Å². The molecule has 0 aliphatic rings. The first kappa shape index (κ1) is 27.6. The smallest absolute Gasteiger partial charge is 0.267 e. The molecule has 0 saturated heterocycles. The molecule has 1 aromatic heterocycles. The van der Waals surface area contributed by atoms with E-state index in [1.54, 1.807) is 19.2 Å². The number of hydrazone groups is 1. The summed E-state index contributed by atoms with van der Waals surface area (Å²) in [6.45, 7) is 6.59. The molecular formula is C28H29FN4O3S2. The van der Waals surface area contributed by atoms with Gasteiger partial charge in [0.15, 0.2) is 0 Å². The maximum atomic E-state index is 13.8. The van der Waals surface area contributed by atoms with Crippen LogP contribution in [0, 0.1) is 12.7 Å². The number of halogens is 1. The number of carbonyl (C=O) groups is 1. The third kappa shape index (κ3) is 6.15. The van der Waals surface area contributed by atoms with Crippen molar-refractivity contribution in [2.75, 3.05) is 18.1 Å². The third-order valence-corrected chi connectivity index (χ3v) is 8.95. The molecule has 10 heteroatoms. The first-order valence-electron chi connectivity index (χ1n) is 12.3. The number of benzene rings is 3. The van der Waals surface area contributed by atoms with Crippen molar-refractivity contribution < 1.29 is 17.6 Å². The summed E-state index contributed by atoms with van der Waals surface area (Å²) < 4.78 is 42.0. The van der Waals surface area contributed by atoms with Gasteiger partial charge in [-0.15, -0.1) is 0 Å². The molecule has 4 aromatic rings. The van der Waals surface area contributed by atoms with E-state index in [1.165, 1.54) is 40.7 Å². The quantitative estimate of drug-likeness (QED) is 0.172. The molecule has 7 nitrogen and oxygen atoms in total. The van der Waals surface area contributed by atoms with Gasteiger partial charge in [0.1, 0.15) is 5.82 Å². The van der Waals surface area contributed by atoms with Gasteiger partial charge in [0.05, 0.1) is 21.3 Å². The number of rotatable bonds is 10. The monoisotopic (exact) mass is 552 g/mol. The number of amides is 1. The largest absolute Gasteiger partial charge is 0.280 e. The minimum atomic E-state index is -3.68. The molecule has 0 fully saturated rings. The van der Waals surface area contributed by atoms with E-state index in [2.05, 4.69) is 10.1 Å². The molecule has 3 aromatic carbocycles. The van der Waals surface area contributed by atoms with Crippen LogP contribution in [0.1, 0.15) is 48.2 Å². The molecule has 0 radical (unpaired) electrons. The highest BCUT2D eigenvalue weighted by atomic mass is 32.2. The lowest BCUT2D eigenvalue weighted by atomic mass is 10.2. The van der Waals surface area contributed by atoms with Crippen molar-refractivity contribution in [1.29, 1.82) is 0 Å². The SMILES string of the molecule is CCCCN(CC)S(=O)(=O)c1ccc(C(=O)N(/N=C/c2ccc(C)cc2)c2nc3ccc(F)cc3s2)cc1. The van der Waals surface area contributed by atoms with Gasteiger partial charge in [-0.1, -0.05) is 61.4 Å². The van der Waals surface area contributed by atoms with E-state index in [-0.39, 0.29) is 15.6 Å². The van der Waals surface area contributed by atoms with E-state index in [4.69, 9.17) is 0 Å². The van der Waals surface area contributed by atoms with Crippen molar-refractivity contribution in [3.63, 3.8) is 0 Å². The number of hydrogen-bond donors (Lipinski definition) is 0. The zero-order valence-electron chi connectivity index (χ0n) is 21.5. The van der Waals surface area contributed by atoms with Gasteiger partial charge in [0.25, 0.3) is 5.91 Å². The van der Waals surface area contributed by atoms with Crippen LogP contribution >= 0.6 is 11.3 Å². The molecule has 0 aliphatic heterocycles. The van der Waals surface area contributed by atoms with Gasteiger partial charge < -0.3 is 0 Å². The second kappa shape index (κ2) is 11.9. The van der Waals surface area contributed by atoms with Gasteiger partial charge in [-0.05, 0) is 61.4 Å². The van der Waals surface area contributed by atoms with Gasteiger partial charge in [-0.2, -0.15) is 14.4 Å². The van der Waals surface area contributed by atoms with E-state index in [1.807, 2.05) is 38.1 Å². The van der Waals surface area contributed by atoms with Crippen molar-refractivity contribution >= 4 is 48.8 Å². The number of fused-ring (bicyclic) bond motifs is 1. The van der Waals surface area contributed by atoms with Gasteiger partial charge in [0, 0.05) is 18.7 Å². The summed E-state index contributed by atoms with van der Waals surface area (Å²) in [6, 6.07) is 17.7. The van der Waals surface area contributed by atoms with Crippen molar-refractivity contribution in [2.24, 2.45) is 5.10 Å². The summed E-state index contributed by atoms with van der Waals surface area (Å²) in [7, 11) is -3.68. The lowest BCUT2D eigenvalue weighted by Gasteiger charge is -2.20. The number of aromatic nitrogens is 1. The average molecular weight is 553 g/mol. The Morgan fingerprint density at radius 3 is 2.42 bits per heavy atom. The number of aryl methyl sites for hydroxylation is 1. The normalized spacial score (nSPS) is 12.0. The topological polar surface area (TPSA) is 82.9 Å². The van der Waals surface area contributed by atoms with Crippen molar-refractivity contribution in [2.45, 2.75) is 38.5 Å². The van der Waals surface area contributed by atoms with Crippen LogP contribution in [0.3, 0.4) is 0 Å². The van der Waals surface area contributed by atoms with E-state index in [0.29, 0.717) is 23.3 Å². The highest BCUT2D eigenvalue weighted by Crippen LogP contribution is 2.31. The lowest BCUT2D eigenvalue weighted by Crippen LogP contribution is -2.32. The molecule has 0 aliphatic carbocycles. The molecule has 198 valence electrons. The third-order valence-electron chi connectivity index (χ3n) is 5.97. The van der Waals surface area contributed by atoms with Crippen LogP contribution in [0.15, 0.2) is 76.7 Å². The minimum absolute atomic E-state index is 0.122. The standard InChI is InChI=1S/C28H29FN4O3S2/c1-4-6-17-32(5-2)38(35,36)24-14-11-22(12-15-24)27(34)33(30-19-21-9-7-20(3)8-10-21)28-31-25-16-13-23(29)18-26(25)37-28/h7-16,18-19H,4-6,17H2,1-3H3/b30-19+. The maximum absolute atomic E-state index is 13.8. The summed E-state index contributed by atoms with van der Waals surface area (Å²) in [6.07, 6.45) is 3.20. The molecule has 38 heavy (non-hydrogen) atoms. The van der Waals surface area contributed by atoms with Crippen LogP contribution in [0.5, 0.6) is 0 Å². The lowest BCUT2D eigenvalue weighted by molar-refractivity contribution is 0.0987. The van der Waals surface area contributed by atoms with Crippen LogP contribution in [-0.2, 0) is 10.0 Å². The molecule has 0 saturated carbocycles. The summed E-state index contributed by atoms with van der Waals surface area (Å²) in [4.78, 5) is 18.2. The number of thiazole rings is 1. The van der Waals surface area contributed by atoms with Crippen molar-refractivity contribution in [1.82, 2.24) is 9.29 Å². The number of anilines is 1. The predicted molar refractivity (Wildman–Crippen MR) is 151 cm³/mol. The zero-order chi connectivity index (χ0) is 27.3. The Morgan fingerprint density at radius 2 is 1.76 bits per heavy atom. The zero-order valence-corrected chi connectivity index (χ0v) is 23.1. The second-order valence-electron chi connectivity index (χ2n) is 8.76. The molecule has 0 unspecified atom stereocenters. The van der Waals surface area contributed by atoms with Crippen LogP contribution < -0.4 is 5.01 Å². The fourth-order valence-corrected chi connectivity index (χ4v) is 6.20. The van der Waals surface area contributed by atoms with Gasteiger partial charge in [-0.25, -0.2) is 17.8 Å².